The van der Waals surface area contributed by atoms with Gasteiger partial charge in [-0.1, -0.05) is 72.4 Å². The summed E-state index contributed by atoms with van der Waals surface area (Å²) in [4.78, 5) is 14.9. The highest BCUT2D eigenvalue weighted by Crippen LogP contribution is 2.36. The van der Waals surface area contributed by atoms with Crippen LogP contribution in [0.5, 0.6) is 0 Å². The van der Waals surface area contributed by atoms with E-state index in [4.69, 9.17) is 0 Å². The first-order valence-corrected chi connectivity index (χ1v) is 10.0. The van der Waals surface area contributed by atoms with E-state index in [1.807, 2.05) is 70.2 Å². The number of carbonyl (C=O) groups is 1. The van der Waals surface area contributed by atoms with E-state index < -0.39 is 0 Å². The first kappa shape index (κ1) is 17.7. The van der Waals surface area contributed by atoms with Crippen molar-refractivity contribution in [3.8, 4) is 0 Å². The van der Waals surface area contributed by atoms with Gasteiger partial charge in [0.1, 0.15) is 0 Å². The fraction of sp³-hybridized carbons (Fsp3) is 0.300. The Labute approximate surface area is 162 Å². The number of tetrazole rings is 1. The summed E-state index contributed by atoms with van der Waals surface area (Å²) in [7, 11) is 0. The van der Waals surface area contributed by atoms with Gasteiger partial charge in [0.15, 0.2) is 0 Å². The molecule has 0 atom stereocenters. The van der Waals surface area contributed by atoms with Gasteiger partial charge in [0, 0.05) is 13.1 Å². The Morgan fingerprint density at radius 1 is 1.00 bits per heavy atom. The summed E-state index contributed by atoms with van der Waals surface area (Å²) in [5.74, 6) is 0.408. The highest BCUT2D eigenvalue weighted by molar-refractivity contribution is 7.99. The molecule has 27 heavy (non-hydrogen) atoms. The number of nitrogens with zero attached hydrogens (tertiary/aromatic N) is 5. The third-order valence-corrected chi connectivity index (χ3v) is 5.38. The number of rotatable bonds is 8. The molecule has 7 heteroatoms. The van der Waals surface area contributed by atoms with Gasteiger partial charge in [-0.15, -0.1) is 5.10 Å². The average Bonchev–Trinajstić information content (AvgIpc) is 3.45. The van der Waals surface area contributed by atoms with Gasteiger partial charge in [0.25, 0.3) is 0 Å². The maximum Gasteiger partial charge on any atom is 0.233 e. The summed E-state index contributed by atoms with van der Waals surface area (Å²) in [6.07, 6.45) is 2.22. The van der Waals surface area contributed by atoms with Crippen LogP contribution in [0.15, 0.2) is 65.8 Å². The molecule has 1 aromatic heterocycles. The smallest absolute Gasteiger partial charge is 0.233 e. The van der Waals surface area contributed by atoms with Crippen molar-refractivity contribution in [3.05, 3.63) is 71.8 Å². The van der Waals surface area contributed by atoms with Gasteiger partial charge in [-0.05, 0) is 34.4 Å². The molecule has 1 saturated carbocycles. The lowest BCUT2D eigenvalue weighted by Gasteiger charge is -2.23. The molecule has 0 radical (unpaired) electrons. The van der Waals surface area contributed by atoms with E-state index in [0.29, 0.717) is 24.9 Å². The third kappa shape index (κ3) is 4.74. The van der Waals surface area contributed by atoms with E-state index in [2.05, 4.69) is 15.5 Å². The normalized spacial score (nSPS) is 13.5. The molecule has 1 aliphatic rings. The van der Waals surface area contributed by atoms with Gasteiger partial charge >= 0.3 is 0 Å². The van der Waals surface area contributed by atoms with Crippen molar-refractivity contribution >= 4 is 17.7 Å². The van der Waals surface area contributed by atoms with E-state index in [1.54, 1.807) is 0 Å². The molecule has 0 spiro atoms. The van der Waals surface area contributed by atoms with Crippen LogP contribution in [0, 0.1) is 0 Å². The summed E-state index contributed by atoms with van der Waals surface area (Å²) < 4.78 is 1.84. The number of aromatic nitrogens is 4. The quantitative estimate of drug-likeness (QED) is 0.562. The number of amides is 1. The van der Waals surface area contributed by atoms with Gasteiger partial charge < -0.3 is 4.90 Å². The molecule has 3 aromatic rings. The van der Waals surface area contributed by atoms with Crippen LogP contribution >= 0.6 is 11.8 Å². The fourth-order valence-electron chi connectivity index (χ4n) is 2.89. The Morgan fingerprint density at radius 3 is 2.15 bits per heavy atom. The summed E-state index contributed by atoms with van der Waals surface area (Å²) in [6.45, 7) is 1.17. The van der Waals surface area contributed by atoms with Crippen LogP contribution in [0.4, 0.5) is 0 Å². The lowest BCUT2D eigenvalue weighted by atomic mass is 10.1. The maximum atomic E-state index is 13.0. The molecule has 6 nitrogen and oxygen atoms in total. The standard InChI is InChI=1S/C20H21N5OS/c26-19(15-27-20-21-22-23-25(20)18-11-12-18)24(13-16-7-3-1-4-8-16)14-17-9-5-2-6-10-17/h1-10,18H,11-15H2. The number of carbonyl (C=O) groups excluding carboxylic acids is 1. The first-order valence-electron chi connectivity index (χ1n) is 9.06. The first-order chi connectivity index (χ1) is 13.3. The second-order valence-electron chi connectivity index (χ2n) is 6.65. The number of thioether (sulfide) groups is 1. The maximum absolute atomic E-state index is 13.0. The van der Waals surface area contributed by atoms with E-state index in [1.165, 1.54) is 11.8 Å². The van der Waals surface area contributed by atoms with Crippen molar-refractivity contribution in [1.29, 1.82) is 0 Å². The van der Waals surface area contributed by atoms with Crippen LogP contribution in [0.2, 0.25) is 0 Å². The summed E-state index contributed by atoms with van der Waals surface area (Å²) in [5.41, 5.74) is 2.24. The Balaban J connectivity index is 1.44. The molecule has 0 bridgehead atoms. The average molecular weight is 379 g/mol. The second kappa shape index (κ2) is 8.35. The van der Waals surface area contributed by atoms with E-state index in [-0.39, 0.29) is 5.91 Å². The molecule has 2 aromatic carbocycles. The van der Waals surface area contributed by atoms with Crippen LogP contribution in [0.25, 0.3) is 0 Å². The van der Waals surface area contributed by atoms with Crippen molar-refractivity contribution in [1.82, 2.24) is 25.1 Å². The van der Waals surface area contributed by atoms with Crippen molar-refractivity contribution in [2.75, 3.05) is 5.75 Å². The number of hydrogen-bond donors (Lipinski definition) is 0. The lowest BCUT2D eigenvalue weighted by molar-refractivity contribution is -0.129. The Kier molecular flexibility index (Phi) is 5.48. The molecule has 0 N–H and O–H groups in total. The van der Waals surface area contributed by atoms with E-state index in [0.717, 1.165) is 29.1 Å². The minimum absolute atomic E-state index is 0.0815. The zero-order valence-corrected chi connectivity index (χ0v) is 15.8. The Hall–Kier alpha value is -2.67. The molecule has 1 heterocycles. The summed E-state index contributed by atoms with van der Waals surface area (Å²) in [6, 6.07) is 20.6. The lowest BCUT2D eigenvalue weighted by Crippen LogP contribution is -2.31. The predicted molar refractivity (Wildman–Crippen MR) is 104 cm³/mol. The molecule has 1 aliphatic carbocycles. The van der Waals surface area contributed by atoms with Crippen molar-refractivity contribution in [2.45, 2.75) is 37.1 Å². The minimum atomic E-state index is 0.0815. The van der Waals surface area contributed by atoms with Gasteiger partial charge in [0.05, 0.1) is 11.8 Å². The highest BCUT2D eigenvalue weighted by atomic mass is 32.2. The van der Waals surface area contributed by atoms with Crippen LogP contribution < -0.4 is 0 Å². The van der Waals surface area contributed by atoms with Crippen LogP contribution in [0.3, 0.4) is 0 Å². The summed E-state index contributed by atoms with van der Waals surface area (Å²) >= 11 is 1.42. The molecule has 0 aliphatic heterocycles. The molecule has 1 fully saturated rings. The topological polar surface area (TPSA) is 63.9 Å². The largest absolute Gasteiger partial charge is 0.333 e. The van der Waals surface area contributed by atoms with Crippen LogP contribution in [-0.2, 0) is 17.9 Å². The minimum Gasteiger partial charge on any atom is -0.333 e. The molecule has 1 amide bonds. The second-order valence-corrected chi connectivity index (χ2v) is 7.59. The van der Waals surface area contributed by atoms with Gasteiger partial charge in [-0.25, -0.2) is 4.68 Å². The SMILES string of the molecule is O=C(CSc1nnnn1C1CC1)N(Cc1ccccc1)Cc1ccccc1. The molecule has 0 unspecified atom stereocenters. The fourth-order valence-corrected chi connectivity index (χ4v) is 3.73. The molecular weight excluding hydrogens is 358 g/mol. The zero-order valence-electron chi connectivity index (χ0n) is 14.9. The van der Waals surface area contributed by atoms with Crippen LogP contribution in [-0.4, -0.2) is 36.8 Å². The Morgan fingerprint density at radius 2 is 1.59 bits per heavy atom. The van der Waals surface area contributed by atoms with Crippen molar-refractivity contribution in [2.24, 2.45) is 0 Å². The highest BCUT2D eigenvalue weighted by Gasteiger charge is 2.28. The predicted octanol–water partition coefficient (Wildman–Crippen LogP) is 3.33. The zero-order chi connectivity index (χ0) is 18.5. The van der Waals surface area contributed by atoms with Gasteiger partial charge in [-0.2, -0.15) is 0 Å². The molecular formula is C20H21N5OS. The Bertz CT molecular complexity index is 838. The van der Waals surface area contributed by atoms with E-state index in [9.17, 15) is 4.79 Å². The van der Waals surface area contributed by atoms with Crippen molar-refractivity contribution < 1.29 is 4.79 Å². The van der Waals surface area contributed by atoms with Gasteiger partial charge in [0.2, 0.25) is 11.1 Å². The number of hydrogen-bond acceptors (Lipinski definition) is 5. The number of benzene rings is 2. The van der Waals surface area contributed by atoms with E-state index >= 15 is 0 Å². The molecule has 0 saturated heterocycles. The third-order valence-electron chi connectivity index (χ3n) is 4.47. The van der Waals surface area contributed by atoms with Crippen LogP contribution in [0.1, 0.15) is 30.0 Å². The molecule has 138 valence electrons. The monoisotopic (exact) mass is 379 g/mol. The summed E-state index contributed by atoms with van der Waals surface area (Å²) in [5, 5.41) is 12.6. The van der Waals surface area contributed by atoms with Gasteiger partial charge in [-0.3, -0.25) is 4.79 Å². The van der Waals surface area contributed by atoms with Crippen molar-refractivity contribution in [3.63, 3.8) is 0 Å². The molecule has 4 rings (SSSR count).